The zero-order valence-electron chi connectivity index (χ0n) is 12.6. The summed E-state index contributed by atoms with van der Waals surface area (Å²) in [7, 11) is 0. The van der Waals surface area contributed by atoms with Gasteiger partial charge in [0, 0.05) is 19.4 Å². The van der Waals surface area contributed by atoms with E-state index < -0.39 is 23.5 Å². The number of benzene rings is 1. The summed E-state index contributed by atoms with van der Waals surface area (Å²) >= 11 is 0. The van der Waals surface area contributed by atoms with Crippen molar-refractivity contribution in [2.24, 2.45) is 0 Å². The molecule has 0 atom stereocenters. The number of carbonyl (C=O) groups excluding carboxylic acids is 2. The minimum Gasteiger partial charge on any atom is -0.493 e. The van der Waals surface area contributed by atoms with Crippen LogP contribution >= 0.6 is 0 Å². The number of carbonyl (C=O) groups is 2. The van der Waals surface area contributed by atoms with Gasteiger partial charge in [-0.1, -0.05) is 6.92 Å². The topological polar surface area (TPSA) is 61.8 Å². The molecule has 6 heteroatoms. The normalized spacial score (nSPS) is 16.8. The maximum Gasteiger partial charge on any atom is 0.348 e. The first kappa shape index (κ1) is 16.0. The summed E-state index contributed by atoms with van der Waals surface area (Å²) in [5, 5.41) is 0. The van der Waals surface area contributed by atoms with E-state index >= 15 is 0 Å². The van der Waals surface area contributed by atoms with Crippen molar-refractivity contribution in [3.8, 4) is 5.75 Å². The van der Waals surface area contributed by atoms with E-state index in [0.29, 0.717) is 12.4 Å². The molecule has 118 valence electrons. The Balaban J connectivity index is 2.37. The molecule has 2 rings (SSSR count). The van der Waals surface area contributed by atoms with Crippen LogP contribution in [0.2, 0.25) is 0 Å². The van der Waals surface area contributed by atoms with Crippen molar-refractivity contribution in [1.29, 1.82) is 0 Å². The summed E-state index contributed by atoms with van der Waals surface area (Å²) in [6.45, 7) is 5.28. The molecule has 0 aliphatic carbocycles. The second-order valence-corrected chi connectivity index (χ2v) is 5.27. The Kier molecular flexibility index (Phi) is 4.49. The summed E-state index contributed by atoms with van der Waals surface area (Å²) in [5.74, 6) is -3.07. The molecule has 22 heavy (non-hydrogen) atoms. The van der Waals surface area contributed by atoms with Gasteiger partial charge in [-0.3, -0.25) is 0 Å². The van der Waals surface area contributed by atoms with Crippen molar-refractivity contribution in [1.82, 2.24) is 0 Å². The molecule has 1 aromatic carbocycles. The van der Waals surface area contributed by atoms with E-state index in [1.54, 1.807) is 0 Å². The van der Waals surface area contributed by atoms with Gasteiger partial charge in [0.15, 0.2) is 0 Å². The van der Waals surface area contributed by atoms with E-state index in [9.17, 15) is 14.0 Å². The van der Waals surface area contributed by atoms with Crippen molar-refractivity contribution in [2.75, 3.05) is 6.61 Å². The molecule has 1 aromatic rings. The van der Waals surface area contributed by atoms with E-state index in [1.165, 1.54) is 38.1 Å². The lowest BCUT2D eigenvalue weighted by Gasteiger charge is -2.29. The highest BCUT2D eigenvalue weighted by atomic mass is 19.1. The summed E-state index contributed by atoms with van der Waals surface area (Å²) < 4.78 is 28.9. The molecular weight excluding hydrogens is 291 g/mol. The lowest BCUT2D eigenvalue weighted by molar-refractivity contribution is -0.222. The SMILES string of the molecule is CCCOc1ccc(F)cc1C=C1C(=O)OC(C)(C)OC1=O. The second-order valence-electron chi connectivity index (χ2n) is 5.27. The minimum absolute atomic E-state index is 0.275. The van der Waals surface area contributed by atoms with Gasteiger partial charge in [-0.05, 0) is 30.7 Å². The van der Waals surface area contributed by atoms with Gasteiger partial charge in [0.2, 0.25) is 0 Å². The highest BCUT2D eigenvalue weighted by Crippen LogP contribution is 2.27. The Morgan fingerprint density at radius 3 is 2.45 bits per heavy atom. The fourth-order valence-electron chi connectivity index (χ4n) is 1.91. The highest BCUT2D eigenvalue weighted by Gasteiger charge is 2.39. The van der Waals surface area contributed by atoms with Crippen LogP contribution in [0.1, 0.15) is 32.8 Å². The van der Waals surface area contributed by atoms with Gasteiger partial charge in [0.05, 0.1) is 6.61 Å². The van der Waals surface area contributed by atoms with Gasteiger partial charge in [-0.2, -0.15) is 0 Å². The van der Waals surface area contributed by atoms with E-state index in [1.807, 2.05) is 6.92 Å². The Hall–Kier alpha value is -2.37. The molecule has 5 nitrogen and oxygen atoms in total. The zero-order chi connectivity index (χ0) is 16.3. The van der Waals surface area contributed by atoms with Crippen LogP contribution in [0.15, 0.2) is 23.8 Å². The molecule has 0 saturated carbocycles. The van der Waals surface area contributed by atoms with Crippen molar-refractivity contribution in [3.05, 3.63) is 35.2 Å². The maximum absolute atomic E-state index is 13.4. The van der Waals surface area contributed by atoms with Crippen molar-refractivity contribution in [3.63, 3.8) is 0 Å². The van der Waals surface area contributed by atoms with Crippen molar-refractivity contribution < 1.29 is 28.2 Å². The molecular formula is C16H17FO5. The molecule has 1 saturated heterocycles. The van der Waals surface area contributed by atoms with Gasteiger partial charge >= 0.3 is 11.9 Å². The van der Waals surface area contributed by atoms with E-state index in [-0.39, 0.29) is 11.1 Å². The van der Waals surface area contributed by atoms with Crippen molar-refractivity contribution in [2.45, 2.75) is 33.0 Å². The van der Waals surface area contributed by atoms with Gasteiger partial charge in [0.1, 0.15) is 17.1 Å². The number of hydrogen-bond acceptors (Lipinski definition) is 5. The number of hydrogen-bond donors (Lipinski definition) is 0. The third kappa shape index (κ3) is 3.63. The van der Waals surface area contributed by atoms with E-state index in [2.05, 4.69) is 0 Å². The molecule has 0 radical (unpaired) electrons. The van der Waals surface area contributed by atoms with Crippen LogP contribution in [0, 0.1) is 5.82 Å². The first-order valence-corrected chi connectivity index (χ1v) is 6.93. The zero-order valence-corrected chi connectivity index (χ0v) is 12.6. The predicted octanol–water partition coefficient (Wildman–Crippen LogP) is 2.83. The summed E-state index contributed by atoms with van der Waals surface area (Å²) in [5.41, 5.74) is -0.0247. The summed E-state index contributed by atoms with van der Waals surface area (Å²) in [4.78, 5) is 23.8. The summed E-state index contributed by atoms with van der Waals surface area (Å²) in [6.07, 6.45) is 1.99. The first-order valence-electron chi connectivity index (χ1n) is 6.93. The fraction of sp³-hybridized carbons (Fsp3) is 0.375. The van der Waals surface area contributed by atoms with E-state index in [4.69, 9.17) is 14.2 Å². The molecule has 1 aliphatic heterocycles. The lowest BCUT2D eigenvalue weighted by Crippen LogP contribution is -2.41. The average molecular weight is 308 g/mol. The van der Waals surface area contributed by atoms with Crippen LogP contribution in [-0.4, -0.2) is 24.3 Å². The molecule has 1 heterocycles. The number of cyclic esters (lactones) is 2. The quantitative estimate of drug-likeness (QED) is 0.486. The van der Waals surface area contributed by atoms with Gasteiger partial charge in [-0.25, -0.2) is 14.0 Å². The number of ether oxygens (including phenoxy) is 3. The number of halogens is 1. The number of rotatable bonds is 4. The van der Waals surface area contributed by atoms with Crippen LogP contribution in [0.25, 0.3) is 6.08 Å². The smallest absolute Gasteiger partial charge is 0.348 e. The molecule has 0 amide bonds. The van der Waals surface area contributed by atoms with Gasteiger partial charge in [0.25, 0.3) is 5.79 Å². The fourth-order valence-corrected chi connectivity index (χ4v) is 1.91. The third-order valence-corrected chi connectivity index (χ3v) is 2.85. The first-order chi connectivity index (χ1) is 10.3. The van der Waals surface area contributed by atoms with Gasteiger partial charge in [-0.15, -0.1) is 0 Å². The lowest BCUT2D eigenvalue weighted by atomic mass is 10.1. The van der Waals surface area contributed by atoms with Crippen LogP contribution in [-0.2, 0) is 19.1 Å². The van der Waals surface area contributed by atoms with Crippen molar-refractivity contribution >= 4 is 18.0 Å². The van der Waals surface area contributed by atoms with Crippen LogP contribution in [0.4, 0.5) is 4.39 Å². The molecule has 0 unspecified atom stereocenters. The molecule has 0 aromatic heterocycles. The van der Waals surface area contributed by atoms with E-state index in [0.717, 1.165) is 6.42 Å². The van der Waals surface area contributed by atoms with Crippen LogP contribution < -0.4 is 4.74 Å². The third-order valence-electron chi connectivity index (χ3n) is 2.85. The Labute approximate surface area is 127 Å². The Bertz CT molecular complexity index is 611. The molecule has 0 spiro atoms. The maximum atomic E-state index is 13.4. The van der Waals surface area contributed by atoms with Crippen LogP contribution in [0.3, 0.4) is 0 Å². The summed E-state index contributed by atoms with van der Waals surface area (Å²) in [6, 6.07) is 3.87. The largest absolute Gasteiger partial charge is 0.493 e. The molecule has 1 aliphatic rings. The standard InChI is InChI=1S/C16H17FO5/c1-4-7-20-13-6-5-11(17)8-10(13)9-12-14(18)21-16(2,3)22-15(12)19/h5-6,8-9H,4,7H2,1-3H3. The predicted molar refractivity (Wildman–Crippen MR) is 76.4 cm³/mol. The monoisotopic (exact) mass is 308 g/mol. The Morgan fingerprint density at radius 2 is 1.86 bits per heavy atom. The molecule has 1 fully saturated rings. The minimum atomic E-state index is -1.31. The van der Waals surface area contributed by atoms with Gasteiger partial charge < -0.3 is 14.2 Å². The van der Waals surface area contributed by atoms with Crippen LogP contribution in [0.5, 0.6) is 5.75 Å². The molecule has 0 N–H and O–H groups in total. The molecule has 0 bridgehead atoms. The highest BCUT2D eigenvalue weighted by molar-refractivity contribution is 6.19. The number of esters is 2. The second kappa shape index (κ2) is 6.17. The Morgan fingerprint density at radius 1 is 1.23 bits per heavy atom. The average Bonchev–Trinajstić information content (AvgIpc) is 2.41.